The molecule has 0 saturated carbocycles. The fourth-order valence-electron chi connectivity index (χ4n) is 2.21. The highest BCUT2D eigenvalue weighted by molar-refractivity contribution is 5.87. The van der Waals surface area contributed by atoms with Crippen LogP contribution in [0.2, 0.25) is 0 Å². The molecule has 0 spiro atoms. The number of hydrogen-bond donors (Lipinski definition) is 1. The van der Waals surface area contributed by atoms with Gasteiger partial charge < -0.3 is 18.9 Å². The molecule has 0 bridgehead atoms. The minimum absolute atomic E-state index is 0.216. The summed E-state index contributed by atoms with van der Waals surface area (Å²) in [6.07, 6.45) is 1.43. The molecule has 0 aliphatic carbocycles. The van der Waals surface area contributed by atoms with E-state index >= 15 is 0 Å². The molecular formula is C19H19N3O5. The fraction of sp³-hybridized carbons (Fsp3) is 0.211. The number of nitrogens with one attached hydrogen (secondary N) is 1. The number of benzene rings is 2. The maximum atomic E-state index is 11.8. The van der Waals surface area contributed by atoms with Gasteiger partial charge in [-0.15, -0.1) is 0 Å². The quantitative estimate of drug-likeness (QED) is 0.565. The first kappa shape index (κ1) is 19.6. The second-order valence-corrected chi connectivity index (χ2v) is 5.14. The lowest BCUT2D eigenvalue weighted by Gasteiger charge is -2.13. The zero-order chi connectivity index (χ0) is 19.6. The van der Waals surface area contributed by atoms with Crippen LogP contribution in [0.15, 0.2) is 41.5 Å². The Morgan fingerprint density at radius 1 is 1.07 bits per heavy atom. The van der Waals surface area contributed by atoms with Gasteiger partial charge >= 0.3 is 0 Å². The van der Waals surface area contributed by atoms with E-state index in [9.17, 15) is 4.79 Å². The molecule has 2 aromatic rings. The number of carbonyl (C=O) groups excluding carboxylic acids is 1. The van der Waals surface area contributed by atoms with Crippen LogP contribution in [0.3, 0.4) is 0 Å². The van der Waals surface area contributed by atoms with E-state index in [0.29, 0.717) is 34.1 Å². The Kier molecular flexibility index (Phi) is 7.02. The first-order chi connectivity index (χ1) is 13.1. The maximum absolute atomic E-state index is 11.8. The zero-order valence-electron chi connectivity index (χ0n) is 15.2. The van der Waals surface area contributed by atoms with Gasteiger partial charge in [-0.1, -0.05) is 0 Å². The highest BCUT2D eigenvalue weighted by atomic mass is 16.5. The van der Waals surface area contributed by atoms with E-state index in [1.54, 1.807) is 36.4 Å². The van der Waals surface area contributed by atoms with E-state index in [1.165, 1.54) is 27.5 Å². The SMILES string of the molecule is COc1ccc(/C=N/NC(=O)COc2ccc(C#N)cc2)c(OC)c1OC. The van der Waals surface area contributed by atoms with Gasteiger partial charge in [-0.25, -0.2) is 5.43 Å². The van der Waals surface area contributed by atoms with E-state index in [4.69, 9.17) is 24.2 Å². The topological polar surface area (TPSA) is 102 Å². The van der Waals surface area contributed by atoms with Gasteiger partial charge in [0.05, 0.1) is 39.2 Å². The van der Waals surface area contributed by atoms with Gasteiger partial charge in [0, 0.05) is 5.56 Å². The number of amides is 1. The van der Waals surface area contributed by atoms with E-state index in [-0.39, 0.29) is 6.61 Å². The maximum Gasteiger partial charge on any atom is 0.277 e. The smallest absolute Gasteiger partial charge is 0.277 e. The molecule has 0 aliphatic rings. The minimum Gasteiger partial charge on any atom is -0.493 e. The summed E-state index contributed by atoms with van der Waals surface area (Å²) in [6.45, 7) is -0.216. The Morgan fingerprint density at radius 3 is 2.37 bits per heavy atom. The minimum atomic E-state index is -0.435. The van der Waals surface area contributed by atoms with Gasteiger partial charge in [-0.05, 0) is 36.4 Å². The van der Waals surface area contributed by atoms with Crippen LogP contribution < -0.4 is 24.4 Å². The highest BCUT2D eigenvalue weighted by Crippen LogP contribution is 2.38. The first-order valence-corrected chi connectivity index (χ1v) is 7.86. The van der Waals surface area contributed by atoms with Crippen molar-refractivity contribution in [1.82, 2.24) is 5.43 Å². The molecule has 2 aromatic carbocycles. The van der Waals surface area contributed by atoms with E-state index in [0.717, 1.165) is 0 Å². The molecule has 0 fully saturated rings. The molecule has 0 aliphatic heterocycles. The van der Waals surface area contributed by atoms with Crippen LogP contribution in [0.1, 0.15) is 11.1 Å². The molecule has 0 unspecified atom stereocenters. The lowest BCUT2D eigenvalue weighted by atomic mass is 10.2. The van der Waals surface area contributed by atoms with Crippen molar-refractivity contribution in [2.45, 2.75) is 0 Å². The average molecular weight is 369 g/mol. The third-order valence-corrected chi connectivity index (χ3v) is 3.48. The fourth-order valence-corrected chi connectivity index (χ4v) is 2.21. The second-order valence-electron chi connectivity index (χ2n) is 5.14. The molecule has 0 radical (unpaired) electrons. The summed E-state index contributed by atoms with van der Waals surface area (Å²) in [5, 5.41) is 12.6. The molecule has 8 nitrogen and oxygen atoms in total. The van der Waals surface area contributed by atoms with Crippen molar-refractivity contribution in [3.63, 3.8) is 0 Å². The van der Waals surface area contributed by atoms with Crippen molar-refractivity contribution in [2.24, 2.45) is 5.10 Å². The van der Waals surface area contributed by atoms with Gasteiger partial charge in [-0.2, -0.15) is 10.4 Å². The third-order valence-electron chi connectivity index (χ3n) is 3.48. The summed E-state index contributed by atoms with van der Waals surface area (Å²) in [7, 11) is 4.53. The lowest BCUT2D eigenvalue weighted by molar-refractivity contribution is -0.123. The monoisotopic (exact) mass is 369 g/mol. The van der Waals surface area contributed by atoms with Crippen molar-refractivity contribution < 1.29 is 23.7 Å². The van der Waals surface area contributed by atoms with Gasteiger partial charge in [0.25, 0.3) is 5.91 Å². The van der Waals surface area contributed by atoms with Crippen molar-refractivity contribution in [3.8, 4) is 29.1 Å². The van der Waals surface area contributed by atoms with Crippen LogP contribution in [0.4, 0.5) is 0 Å². The van der Waals surface area contributed by atoms with Crippen LogP contribution >= 0.6 is 0 Å². The van der Waals surface area contributed by atoms with E-state index in [1.807, 2.05) is 6.07 Å². The zero-order valence-corrected chi connectivity index (χ0v) is 15.2. The summed E-state index contributed by atoms with van der Waals surface area (Å²) in [5.41, 5.74) is 3.48. The molecule has 1 amide bonds. The Bertz CT molecular complexity index is 857. The Labute approximate surface area is 156 Å². The number of rotatable bonds is 8. The average Bonchev–Trinajstić information content (AvgIpc) is 2.71. The summed E-state index contributed by atoms with van der Waals surface area (Å²) < 4.78 is 21.2. The van der Waals surface area contributed by atoms with Gasteiger partial charge in [0.1, 0.15) is 5.75 Å². The molecule has 0 saturated heterocycles. The Morgan fingerprint density at radius 2 is 1.78 bits per heavy atom. The Balaban J connectivity index is 1.96. The van der Waals surface area contributed by atoms with Crippen LogP contribution in [0, 0.1) is 11.3 Å². The van der Waals surface area contributed by atoms with Crippen LogP contribution in [-0.4, -0.2) is 40.1 Å². The van der Waals surface area contributed by atoms with Gasteiger partial charge in [0.15, 0.2) is 18.1 Å². The highest BCUT2D eigenvalue weighted by Gasteiger charge is 2.14. The van der Waals surface area contributed by atoms with Crippen LogP contribution in [0.25, 0.3) is 0 Å². The normalized spacial score (nSPS) is 10.1. The molecule has 0 heterocycles. The molecule has 1 N–H and O–H groups in total. The van der Waals surface area contributed by atoms with Crippen LogP contribution in [-0.2, 0) is 4.79 Å². The van der Waals surface area contributed by atoms with Crippen molar-refractivity contribution in [2.75, 3.05) is 27.9 Å². The molecule has 2 rings (SSSR count). The standard InChI is InChI=1S/C19H19N3O5/c1-24-16-9-6-14(18(25-2)19(16)26-3)11-21-22-17(23)12-27-15-7-4-13(10-20)5-8-15/h4-9,11H,12H2,1-3H3,(H,22,23)/b21-11+. The summed E-state index contributed by atoms with van der Waals surface area (Å²) >= 11 is 0. The number of nitrogens with zero attached hydrogens (tertiary/aromatic N) is 2. The van der Waals surface area contributed by atoms with Gasteiger partial charge in [-0.3, -0.25) is 4.79 Å². The van der Waals surface area contributed by atoms with Crippen molar-refractivity contribution >= 4 is 12.1 Å². The molecule has 8 heteroatoms. The van der Waals surface area contributed by atoms with Gasteiger partial charge in [0.2, 0.25) is 5.75 Å². The van der Waals surface area contributed by atoms with Crippen molar-refractivity contribution in [1.29, 1.82) is 5.26 Å². The predicted octanol–water partition coefficient (Wildman–Crippen LogP) is 2.11. The molecule has 0 aromatic heterocycles. The summed E-state index contributed by atoms with van der Waals surface area (Å²) in [5.74, 6) is 1.43. The lowest BCUT2D eigenvalue weighted by Crippen LogP contribution is -2.24. The number of methoxy groups -OCH3 is 3. The second kappa shape index (κ2) is 9.68. The van der Waals surface area contributed by atoms with E-state index in [2.05, 4.69) is 10.5 Å². The third kappa shape index (κ3) is 5.12. The molecule has 140 valence electrons. The van der Waals surface area contributed by atoms with Crippen molar-refractivity contribution in [3.05, 3.63) is 47.5 Å². The molecule has 0 atom stereocenters. The molecular weight excluding hydrogens is 350 g/mol. The number of hydrogen-bond acceptors (Lipinski definition) is 7. The van der Waals surface area contributed by atoms with Crippen LogP contribution in [0.5, 0.6) is 23.0 Å². The summed E-state index contributed by atoms with van der Waals surface area (Å²) in [4.78, 5) is 11.8. The number of ether oxygens (including phenoxy) is 4. The number of hydrazone groups is 1. The first-order valence-electron chi connectivity index (χ1n) is 7.86. The largest absolute Gasteiger partial charge is 0.493 e. The number of nitriles is 1. The predicted molar refractivity (Wildman–Crippen MR) is 98.5 cm³/mol. The van der Waals surface area contributed by atoms with E-state index < -0.39 is 5.91 Å². The number of carbonyl (C=O) groups is 1. The Hall–Kier alpha value is -3.73. The summed E-state index contributed by atoms with van der Waals surface area (Å²) in [6, 6.07) is 11.9. The molecule has 27 heavy (non-hydrogen) atoms.